The molecule has 1 saturated heterocycles. The van der Waals surface area contributed by atoms with Crippen LogP contribution in [0.3, 0.4) is 0 Å². The Balaban J connectivity index is 2.17. The molecule has 0 saturated carbocycles. The fourth-order valence-corrected chi connectivity index (χ4v) is 4.28. The van der Waals surface area contributed by atoms with Crippen LogP contribution in [0.4, 0.5) is 0 Å². The van der Waals surface area contributed by atoms with Gasteiger partial charge in [-0.3, -0.25) is 9.59 Å². The second-order valence-electron chi connectivity index (χ2n) is 8.88. The van der Waals surface area contributed by atoms with Crippen molar-refractivity contribution in [3.63, 3.8) is 0 Å². The van der Waals surface area contributed by atoms with Gasteiger partial charge in [-0.2, -0.15) is 0 Å². The third kappa shape index (κ3) is 5.09. The first-order valence-electron chi connectivity index (χ1n) is 11.5. The molecule has 3 rings (SSSR count). The summed E-state index contributed by atoms with van der Waals surface area (Å²) in [7, 11) is 5.34. The number of likely N-dealkylation sites (N-methyl/N-ethyl adjacent to an activating group) is 1. The van der Waals surface area contributed by atoms with Gasteiger partial charge in [0.15, 0.2) is 0 Å². The van der Waals surface area contributed by atoms with Crippen LogP contribution in [0.15, 0.2) is 42.0 Å². The second-order valence-corrected chi connectivity index (χ2v) is 8.88. The van der Waals surface area contributed by atoms with E-state index in [0.29, 0.717) is 36.8 Å². The van der Waals surface area contributed by atoms with E-state index in [4.69, 9.17) is 9.47 Å². The summed E-state index contributed by atoms with van der Waals surface area (Å²) in [6.45, 7) is 7.35. The van der Waals surface area contributed by atoms with Crippen molar-refractivity contribution in [1.29, 1.82) is 0 Å². The SMILES string of the molecule is CCCOc1ccc(C2/C(=C(\O)c3cc(C)cc(C)c3OC)C(=O)C(=O)N2CCN(C)C)cc1. The number of ether oxygens (including phenoxy) is 2. The maximum atomic E-state index is 13.2. The van der Waals surface area contributed by atoms with Gasteiger partial charge >= 0.3 is 0 Å². The van der Waals surface area contributed by atoms with Gasteiger partial charge < -0.3 is 24.4 Å². The van der Waals surface area contributed by atoms with E-state index in [1.165, 1.54) is 12.0 Å². The molecule has 1 atom stereocenters. The average molecular weight is 467 g/mol. The van der Waals surface area contributed by atoms with Crippen LogP contribution in [-0.2, 0) is 9.59 Å². The van der Waals surface area contributed by atoms with E-state index < -0.39 is 17.7 Å². The number of carbonyl (C=O) groups is 2. The maximum Gasteiger partial charge on any atom is 0.295 e. The molecule has 1 aliphatic heterocycles. The summed E-state index contributed by atoms with van der Waals surface area (Å²) >= 11 is 0. The zero-order chi connectivity index (χ0) is 25.0. The first-order valence-corrected chi connectivity index (χ1v) is 11.5. The van der Waals surface area contributed by atoms with Crippen molar-refractivity contribution >= 4 is 17.4 Å². The van der Waals surface area contributed by atoms with Gasteiger partial charge in [-0.1, -0.05) is 25.1 Å². The van der Waals surface area contributed by atoms with Gasteiger partial charge in [-0.25, -0.2) is 0 Å². The smallest absolute Gasteiger partial charge is 0.295 e. The van der Waals surface area contributed by atoms with Crippen molar-refractivity contribution in [2.75, 3.05) is 40.9 Å². The molecule has 1 N–H and O–H groups in total. The highest BCUT2D eigenvalue weighted by atomic mass is 16.5. The van der Waals surface area contributed by atoms with Crippen LogP contribution in [0.2, 0.25) is 0 Å². The van der Waals surface area contributed by atoms with E-state index in [2.05, 4.69) is 0 Å². The molecule has 1 amide bonds. The quantitative estimate of drug-likeness (QED) is 0.341. The standard InChI is InChI=1S/C27H34N2O5/c1-7-14-34-20-10-8-19(9-11-20)23-22(25(31)27(32)29(23)13-12-28(4)5)24(30)21-16-17(2)15-18(3)26(21)33-6/h8-11,15-16,23,30H,7,12-14H2,1-6H3/b24-22+. The fourth-order valence-electron chi connectivity index (χ4n) is 4.28. The van der Waals surface area contributed by atoms with Crippen LogP contribution >= 0.6 is 0 Å². The van der Waals surface area contributed by atoms with E-state index in [1.54, 1.807) is 6.07 Å². The van der Waals surface area contributed by atoms with Crippen molar-refractivity contribution in [3.8, 4) is 11.5 Å². The molecule has 7 nitrogen and oxygen atoms in total. The second kappa shape index (κ2) is 10.7. The first-order chi connectivity index (χ1) is 16.2. The zero-order valence-corrected chi connectivity index (χ0v) is 20.8. The molecule has 2 aromatic carbocycles. The number of amides is 1. The Bertz CT molecular complexity index is 1090. The molecule has 0 spiro atoms. The molecular weight excluding hydrogens is 432 g/mol. The average Bonchev–Trinajstić information content (AvgIpc) is 3.05. The van der Waals surface area contributed by atoms with Crippen molar-refractivity contribution in [2.45, 2.75) is 33.2 Å². The number of benzene rings is 2. The fraction of sp³-hybridized carbons (Fsp3) is 0.407. The largest absolute Gasteiger partial charge is 0.507 e. The number of aryl methyl sites for hydroxylation is 2. The predicted molar refractivity (Wildman–Crippen MR) is 132 cm³/mol. The van der Waals surface area contributed by atoms with Crippen molar-refractivity contribution in [1.82, 2.24) is 9.80 Å². The van der Waals surface area contributed by atoms with E-state index in [9.17, 15) is 14.7 Å². The summed E-state index contributed by atoms with van der Waals surface area (Å²) < 4.78 is 11.2. The van der Waals surface area contributed by atoms with Crippen LogP contribution in [0.25, 0.3) is 5.76 Å². The van der Waals surface area contributed by atoms with Gasteiger partial charge in [0.1, 0.15) is 17.3 Å². The number of rotatable bonds is 9. The molecule has 34 heavy (non-hydrogen) atoms. The molecule has 0 bridgehead atoms. The summed E-state index contributed by atoms with van der Waals surface area (Å²) in [6, 6.07) is 10.3. The van der Waals surface area contributed by atoms with Crippen LogP contribution in [0, 0.1) is 13.8 Å². The van der Waals surface area contributed by atoms with Gasteiger partial charge in [0.2, 0.25) is 0 Å². The van der Waals surface area contributed by atoms with Gasteiger partial charge in [-0.15, -0.1) is 0 Å². The third-order valence-electron chi connectivity index (χ3n) is 5.87. The molecule has 1 heterocycles. The van der Waals surface area contributed by atoms with Crippen LogP contribution in [0.5, 0.6) is 11.5 Å². The number of nitrogens with zero attached hydrogens (tertiary/aromatic N) is 2. The highest BCUT2D eigenvalue weighted by Gasteiger charge is 2.46. The summed E-state index contributed by atoms with van der Waals surface area (Å²) in [6.07, 6.45) is 0.893. The Labute approximate surface area is 201 Å². The number of carbonyl (C=O) groups excluding carboxylic acids is 2. The van der Waals surface area contributed by atoms with Crippen LogP contribution in [-0.4, -0.2) is 67.5 Å². The molecule has 1 unspecified atom stereocenters. The van der Waals surface area contributed by atoms with Gasteiger partial charge in [0.05, 0.1) is 30.9 Å². The number of aliphatic hydroxyl groups is 1. The zero-order valence-electron chi connectivity index (χ0n) is 20.8. The Morgan fingerprint density at radius 2 is 1.79 bits per heavy atom. The lowest BCUT2D eigenvalue weighted by molar-refractivity contribution is -0.140. The van der Waals surface area contributed by atoms with E-state index in [1.807, 2.05) is 70.1 Å². The number of hydrogen-bond acceptors (Lipinski definition) is 6. The van der Waals surface area contributed by atoms with E-state index >= 15 is 0 Å². The predicted octanol–water partition coefficient (Wildman–Crippen LogP) is 4.08. The first kappa shape index (κ1) is 25.3. The maximum absolute atomic E-state index is 13.2. The van der Waals surface area contributed by atoms with Crippen LogP contribution < -0.4 is 9.47 Å². The summed E-state index contributed by atoms with van der Waals surface area (Å²) in [4.78, 5) is 29.8. The van der Waals surface area contributed by atoms with Gasteiger partial charge in [0, 0.05) is 13.1 Å². The number of likely N-dealkylation sites (tertiary alicyclic amines) is 1. The van der Waals surface area contributed by atoms with Gasteiger partial charge in [0.25, 0.3) is 11.7 Å². The summed E-state index contributed by atoms with van der Waals surface area (Å²) in [5.41, 5.74) is 2.94. The van der Waals surface area contributed by atoms with Gasteiger partial charge in [-0.05, 0) is 69.3 Å². The highest BCUT2D eigenvalue weighted by Crippen LogP contribution is 2.42. The number of ketones is 1. The van der Waals surface area contributed by atoms with E-state index in [0.717, 1.165) is 23.1 Å². The molecule has 2 aromatic rings. The minimum Gasteiger partial charge on any atom is -0.507 e. The third-order valence-corrected chi connectivity index (χ3v) is 5.87. The Morgan fingerprint density at radius 3 is 2.38 bits per heavy atom. The number of hydrogen-bond donors (Lipinski definition) is 1. The molecule has 0 radical (unpaired) electrons. The molecule has 0 aliphatic carbocycles. The molecule has 7 heteroatoms. The van der Waals surface area contributed by atoms with Crippen LogP contribution in [0.1, 0.15) is 41.6 Å². The Hall–Kier alpha value is -3.32. The monoisotopic (exact) mass is 466 g/mol. The Morgan fingerprint density at radius 1 is 1.12 bits per heavy atom. The molecule has 1 fully saturated rings. The summed E-state index contributed by atoms with van der Waals surface area (Å²) in [5.74, 6) is -0.362. The minimum atomic E-state index is -0.717. The lowest BCUT2D eigenvalue weighted by Crippen LogP contribution is -2.35. The molecule has 0 aromatic heterocycles. The molecular formula is C27H34N2O5. The summed E-state index contributed by atoms with van der Waals surface area (Å²) in [5, 5.41) is 11.4. The topological polar surface area (TPSA) is 79.3 Å². The van der Waals surface area contributed by atoms with Crippen molar-refractivity contribution < 1.29 is 24.2 Å². The highest BCUT2D eigenvalue weighted by molar-refractivity contribution is 6.46. The van der Waals surface area contributed by atoms with Crippen molar-refractivity contribution in [3.05, 3.63) is 64.2 Å². The normalized spacial score (nSPS) is 17.5. The molecule has 182 valence electrons. The number of Topliss-reactive ketones (excluding diaryl/α,β-unsaturated/α-hetero) is 1. The lowest BCUT2D eigenvalue weighted by Gasteiger charge is -2.27. The Kier molecular flexibility index (Phi) is 7.99. The molecule has 1 aliphatic rings. The number of methoxy groups -OCH3 is 1. The minimum absolute atomic E-state index is 0.0642. The van der Waals surface area contributed by atoms with Crippen molar-refractivity contribution in [2.24, 2.45) is 0 Å². The number of aliphatic hydroxyl groups excluding tert-OH is 1. The van der Waals surface area contributed by atoms with E-state index in [-0.39, 0.29) is 11.3 Å². The lowest BCUT2D eigenvalue weighted by atomic mass is 9.93.